The van der Waals surface area contributed by atoms with E-state index in [2.05, 4.69) is 0 Å². The van der Waals surface area contributed by atoms with E-state index in [0.717, 1.165) is 16.9 Å². The summed E-state index contributed by atoms with van der Waals surface area (Å²) in [6, 6.07) is 9.51. The molecular formula is C13H12O3S. The van der Waals surface area contributed by atoms with Crippen LogP contribution in [0, 0.1) is 0 Å². The highest BCUT2D eigenvalue weighted by atomic mass is 32.1. The second-order valence-corrected chi connectivity index (χ2v) is 4.52. The van der Waals surface area contributed by atoms with Crippen molar-refractivity contribution in [2.24, 2.45) is 0 Å². The fourth-order valence-electron chi connectivity index (χ4n) is 1.63. The lowest BCUT2D eigenvalue weighted by Crippen LogP contribution is -1.98. The molecule has 0 atom stereocenters. The molecular weight excluding hydrogens is 236 g/mol. The van der Waals surface area contributed by atoms with Gasteiger partial charge in [-0.05, 0) is 41.1 Å². The minimum Gasteiger partial charge on any atom is -0.497 e. The first-order chi connectivity index (χ1) is 8.20. The van der Waals surface area contributed by atoms with E-state index in [1.165, 1.54) is 11.3 Å². The average Bonchev–Trinajstić information content (AvgIpc) is 2.78. The zero-order chi connectivity index (χ0) is 12.3. The molecule has 1 aromatic heterocycles. The van der Waals surface area contributed by atoms with Crippen molar-refractivity contribution in [1.29, 1.82) is 0 Å². The first-order valence-electron chi connectivity index (χ1n) is 5.13. The van der Waals surface area contributed by atoms with Gasteiger partial charge >= 0.3 is 5.97 Å². The van der Waals surface area contributed by atoms with Gasteiger partial charge in [-0.15, -0.1) is 11.3 Å². The van der Waals surface area contributed by atoms with Gasteiger partial charge in [0.25, 0.3) is 0 Å². The Balaban J connectivity index is 2.19. The van der Waals surface area contributed by atoms with E-state index in [4.69, 9.17) is 9.84 Å². The van der Waals surface area contributed by atoms with E-state index >= 15 is 0 Å². The van der Waals surface area contributed by atoms with Gasteiger partial charge in [0.2, 0.25) is 0 Å². The molecule has 0 saturated carbocycles. The topological polar surface area (TPSA) is 46.5 Å². The fourth-order valence-corrected chi connectivity index (χ4v) is 2.39. The Morgan fingerprint density at radius 2 is 2.00 bits per heavy atom. The van der Waals surface area contributed by atoms with Crippen LogP contribution < -0.4 is 4.74 Å². The second kappa shape index (κ2) is 5.01. The number of carbonyl (C=O) groups is 1. The Hall–Kier alpha value is -1.81. The maximum atomic E-state index is 11.0. The zero-order valence-electron chi connectivity index (χ0n) is 9.34. The average molecular weight is 248 g/mol. The highest BCUT2D eigenvalue weighted by molar-refractivity contribution is 7.12. The predicted molar refractivity (Wildman–Crippen MR) is 67.1 cm³/mol. The van der Waals surface area contributed by atoms with Crippen molar-refractivity contribution >= 4 is 17.3 Å². The Morgan fingerprint density at radius 3 is 2.59 bits per heavy atom. The van der Waals surface area contributed by atoms with E-state index in [9.17, 15) is 4.79 Å². The molecule has 2 aromatic rings. The van der Waals surface area contributed by atoms with Gasteiger partial charge in [-0.3, -0.25) is 0 Å². The van der Waals surface area contributed by atoms with Gasteiger partial charge < -0.3 is 9.84 Å². The number of methoxy groups -OCH3 is 1. The summed E-state index contributed by atoms with van der Waals surface area (Å²) in [6.45, 7) is 0. The van der Waals surface area contributed by atoms with Crippen LogP contribution in [0.4, 0.5) is 0 Å². The van der Waals surface area contributed by atoms with Crippen LogP contribution >= 0.6 is 11.3 Å². The largest absolute Gasteiger partial charge is 0.497 e. The van der Waals surface area contributed by atoms with Crippen molar-refractivity contribution in [3.63, 3.8) is 0 Å². The van der Waals surface area contributed by atoms with Gasteiger partial charge in [-0.1, -0.05) is 12.1 Å². The van der Waals surface area contributed by atoms with Crippen molar-refractivity contribution in [2.75, 3.05) is 7.11 Å². The Bertz CT molecular complexity index is 514. The summed E-state index contributed by atoms with van der Waals surface area (Å²) in [4.78, 5) is 11.4. The summed E-state index contributed by atoms with van der Waals surface area (Å²) in [5, 5.41) is 10.8. The molecule has 1 N–H and O–H groups in total. The molecule has 3 nitrogen and oxygen atoms in total. The number of hydrogen-bond donors (Lipinski definition) is 1. The molecule has 0 radical (unpaired) electrons. The number of thiophene rings is 1. The van der Waals surface area contributed by atoms with Gasteiger partial charge in [-0.25, -0.2) is 4.79 Å². The minimum absolute atomic E-state index is 0.417. The molecule has 0 bridgehead atoms. The summed E-state index contributed by atoms with van der Waals surface area (Å²) in [5.41, 5.74) is 1.93. The summed E-state index contributed by atoms with van der Waals surface area (Å²) >= 11 is 1.26. The van der Waals surface area contributed by atoms with Gasteiger partial charge in [0.05, 0.1) is 7.11 Å². The third-order valence-electron chi connectivity index (χ3n) is 2.49. The summed E-state index contributed by atoms with van der Waals surface area (Å²) in [5.74, 6) is -0.0546. The number of carboxylic acid groups (broad SMARTS) is 1. The standard InChI is InChI=1S/C13H12O3S/c1-16-11-4-2-9(3-5-11)8-10-6-7-17-12(10)13(14)15/h2-7H,8H2,1H3,(H,14,15). The van der Waals surface area contributed by atoms with Gasteiger partial charge in [0, 0.05) is 0 Å². The number of benzene rings is 1. The maximum absolute atomic E-state index is 11.0. The zero-order valence-corrected chi connectivity index (χ0v) is 10.2. The van der Waals surface area contributed by atoms with Gasteiger partial charge in [-0.2, -0.15) is 0 Å². The lowest BCUT2D eigenvalue weighted by molar-refractivity contribution is 0.0701. The molecule has 0 unspecified atom stereocenters. The minimum atomic E-state index is -0.858. The number of hydrogen-bond acceptors (Lipinski definition) is 3. The molecule has 0 aliphatic carbocycles. The van der Waals surface area contributed by atoms with Gasteiger partial charge in [0.1, 0.15) is 10.6 Å². The molecule has 1 heterocycles. The number of aromatic carboxylic acids is 1. The van der Waals surface area contributed by atoms with E-state index < -0.39 is 5.97 Å². The third kappa shape index (κ3) is 2.65. The molecule has 0 amide bonds. The SMILES string of the molecule is COc1ccc(Cc2ccsc2C(=O)O)cc1. The Labute approximate surface area is 103 Å². The van der Waals surface area contributed by atoms with Crippen molar-refractivity contribution in [1.82, 2.24) is 0 Å². The maximum Gasteiger partial charge on any atom is 0.346 e. The molecule has 0 spiro atoms. The van der Waals surface area contributed by atoms with Crippen LogP contribution in [0.2, 0.25) is 0 Å². The molecule has 0 saturated heterocycles. The normalized spacial score (nSPS) is 10.2. The predicted octanol–water partition coefficient (Wildman–Crippen LogP) is 3.05. The number of carboxylic acids is 1. The van der Waals surface area contributed by atoms with E-state index in [1.54, 1.807) is 7.11 Å². The van der Waals surface area contributed by atoms with Crippen molar-refractivity contribution < 1.29 is 14.6 Å². The molecule has 1 aromatic carbocycles. The van der Waals surface area contributed by atoms with Crippen LogP contribution in [-0.4, -0.2) is 18.2 Å². The monoisotopic (exact) mass is 248 g/mol. The van der Waals surface area contributed by atoms with Crippen molar-refractivity contribution in [2.45, 2.75) is 6.42 Å². The van der Waals surface area contributed by atoms with Crippen LogP contribution in [0.15, 0.2) is 35.7 Å². The lowest BCUT2D eigenvalue weighted by atomic mass is 10.1. The van der Waals surface area contributed by atoms with Crippen LogP contribution in [0.5, 0.6) is 5.75 Å². The smallest absolute Gasteiger partial charge is 0.346 e. The van der Waals surface area contributed by atoms with E-state index in [0.29, 0.717) is 11.3 Å². The van der Waals surface area contributed by atoms with Crippen LogP contribution in [0.3, 0.4) is 0 Å². The first kappa shape index (κ1) is 11.7. The van der Waals surface area contributed by atoms with Crippen LogP contribution in [0.1, 0.15) is 20.8 Å². The molecule has 2 rings (SSSR count). The van der Waals surface area contributed by atoms with Crippen molar-refractivity contribution in [3.8, 4) is 5.75 Å². The van der Waals surface area contributed by atoms with Crippen LogP contribution in [-0.2, 0) is 6.42 Å². The summed E-state index contributed by atoms with van der Waals surface area (Å²) in [6.07, 6.45) is 0.634. The van der Waals surface area contributed by atoms with Gasteiger partial charge in [0.15, 0.2) is 0 Å². The molecule has 17 heavy (non-hydrogen) atoms. The van der Waals surface area contributed by atoms with E-state index in [1.807, 2.05) is 35.7 Å². The molecule has 0 fully saturated rings. The Kier molecular flexibility index (Phi) is 3.44. The first-order valence-corrected chi connectivity index (χ1v) is 6.01. The fraction of sp³-hybridized carbons (Fsp3) is 0.154. The third-order valence-corrected chi connectivity index (χ3v) is 3.44. The van der Waals surface area contributed by atoms with Crippen LogP contribution in [0.25, 0.3) is 0 Å². The van der Waals surface area contributed by atoms with E-state index in [-0.39, 0.29) is 0 Å². The number of ether oxygens (including phenoxy) is 1. The lowest BCUT2D eigenvalue weighted by Gasteiger charge is -2.03. The molecule has 0 aliphatic heterocycles. The highest BCUT2D eigenvalue weighted by Crippen LogP contribution is 2.21. The summed E-state index contributed by atoms with van der Waals surface area (Å²) in [7, 11) is 1.62. The summed E-state index contributed by atoms with van der Waals surface area (Å²) < 4.78 is 5.07. The van der Waals surface area contributed by atoms with Crippen molar-refractivity contribution in [3.05, 3.63) is 51.7 Å². The second-order valence-electron chi connectivity index (χ2n) is 3.60. The molecule has 0 aliphatic rings. The Morgan fingerprint density at radius 1 is 1.29 bits per heavy atom. The number of rotatable bonds is 4. The quantitative estimate of drug-likeness (QED) is 0.904. The molecule has 88 valence electrons. The highest BCUT2D eigenvalue weighted by Gasteiger charge is 2.11. The molecule has 4 heteroatoms.